The van der Waals surface area contributed by atoms with Crippen molar-refractivity contribution >= 4 is 27.9 Å². The van der Waals surface area contributed by atoms with E-state index in [0.29, 0.717) is 12.5 Å². The molecule has 1 saturated heterocycles. The molecule has 0 spiro atoms. The van der Waals surface area contributed by atoms with Gasteiger partial charge in [0.25, 0.3) is 0 Å². The van der Waals surface area contributed by atoms with Gasteiger partial charge in [-0.15, -0.1) is 5.10 Å². The minimum atomic E-state index is -0.246. The smallest absolute Gasteiger partial charge is 0.158 e. The predicted molar refractivity (Wildman–Crippen MR) is 143 cm³/mol. The fourth-order valence-corrected chi connectivity index (χ4v) is 5.42. The van der Waals surface area contributed by atoms with Crippen LogP contribution >= 0.6 is 0 Å². The summed E-state index contributed by atoms with van der Waals surface area (Å²) in [5.74, 6) is 1.75. The Labute approximate surface area is 222 Å². The molecule has 0 saturated carbocycles. The summed E-state index contributed by atoms with van der Waals surface area (Å²) >= 11 is 0. The third-order valence-electron chi connectivity index (χ3n) is 7.39. The summed E-state index contributed by atoms with van der Waals surface area (Å²) in [6.07, 6.45) is 7.39. The number of nitrogens with one attached hydrogen (secondary N) is 2. The van der Waals surface area contributed by atoms with Crippen molar-refractivity contribution in [2.24, 2.45) is 0 Å². The van der Waals surface area contributed by atoms with Crippen molar-refractivity contribution in [3.05, 3.63) is 90.0 Å². The number of tetrazole rings is 1. The second kappa shape index (κ2) is 9.87. The first-order chi connectivity index (χ1) is 19.2. The molecule has 6 aromatic rings. The Hall–Kier alpha value is -4.71. The molecule has 2 aromatic carbocycles. The fourth-order valence-electron chi connectivity index (χ4n) is 5.42. The number of nitrogens with zero attached hydrogens (tertiary/aromatic N) is 9. The van der Waals surface area contributed by atoms with E-state index < -0.39 is 0 Å². The Bertz CT molecular complexity index is 1730. The van der Waals surface area contributed by atoms with E-state index in [1.807, 2.05) is 39.8 Å². The van der Waals surface area contributed by atoms with Crippen molar-refractivity contribution in [3.63, 3.8) is 0 Å². The number of hydrogen-bond donors (Lipinski definition) is 2. The largest absolute Gasteiger partial charge is 0.338 e. The zero-order valence-corrected chi connectivity index (χ0v) is 21.1. The maximum atomic E-state index is 13.6. The molecule has 1 aliphatic rings. The van der Waals surface area contributed by atoms with Crippen LogP contribution in [0.15, 0.2) is 67.3 Å². The molecular formula is C27H26FN11. The molecule has 0 unspecified atom stereocenters. The molecule has 4 aromatic heterocycles. The standard InChI is InChI=1S/C27H26FN11/c28-22-3-1-2-18(12-22)15-39-24-5-4-23(13-21(24)14-30-39)32-27-25-20(8-11-38(25)31-17-29-27)16-37-9-6-19(7-10-37)26-33-35-36-34-26/h1-5,8,11-14,17,19H,6-7,9-10,15-16H2,(H,29,31,32)(H,33,34,35,36). The summed E-state index contributed by atoms with van der Waals surface area (Å²) in [5, 5.41) is 27.9. The molecule has 1 aliphatic heterocycles. The van der Waals surface area contributed by atoms with Gasteiger partial charge in [-0.2, -0.15) is 10.2 Å². The van der Waals surface area contributed by atoms with Crippen LogP contribution in [0.5, 0.6) is 0 Å². The van der Waals surface area contributed by atoms with Gasteiger partial charge in [-0.25, -0.2) is 19.0 Å². The van der Waals surface area contributed by atoms with E-state index in [9.17, 15) is 4.39 Å². The number of halogens is 1. The van der Waals surface area contributed by atoms with E-state index in [1.54, 1.807) is 12.4 Å². The topological polar surface area (TPSA) is 118 Å². The van der Waals surface area contributed by atoms with Crippen LogP contribution in [0, 0.1) is 5.82 Å². The summed E-state index contributed by atoms with van der Waals surface area (Å²) in [6, 6.07) is 14.8. The van der Waals surface area contributed by atoms with E-state index in [2.05, 4.69) is 58.2 Å². The van der Waals surface area contributed by atoms with Crippen LogP contribution in [0.2, 0.25) is 0 Å². The van der Waals surface area contributed by atoms with E-state index in [-0.39, 0.29) is 5.82 Å². The van der Waals surface area contributed by atoms with Crippen LogP contribution in [0.4, 0.5) is 15.9 Å². The average Bonchev–Trinajstić information content (AvgIpc) is 3.71. The molecule has 0 radical (unpaired) electrons. The van der Waals surface area contributed by atoms with E-state index in [4.69, 9.17) is 0 Å². The molecule has 11 nitrogen and oxygen atoms in total. The molecule has 0 aliphatic carbocycles. The molecule has 0 amide bonds. The van der Waals surface area contributed by atoms with Crippen molar-refractivity contribution in [3.8, 4) is 0 Å². The van der Waals surface area contributed by atoms with Crippen molar-refractivity contribution in [1.82, 2.24) is 49.9 Å². The highest BCUT2D eigenvalue weighted by atomic mass is 19.1. The van der Waals surface area contributed by atoms with Gasteiger partial charge in [0.2, 0.25) is 0 Å². The summed E-state index contributed by atoms with van der Waals surface area (Å²) in [5.41, 5.74) is 4.88. The van der Waals surface area contributed by atoms with Gasteiger partial charge in [0.15, 0.2) is 11.6 Å². The Morgan fingerprint density at radius 3 is 2.79 bits per heavy atom. The van der Waals surface area contributed by atoms with Crippen LogP contribution in [0.1, 0.15) is 35.7 Å². The number of rotatable bonds is 7. The van der Waals surface area contributed by atoms with Crippen molar-refractivity contribution in [1.29, 1.82) is 0 Å². The zero-order valence-electron chi connectivity index (χ0n) is 21.1. The van der Waals surface area contributed by atoms with Gasteiger partial charge < -0.3 is 5.32 Å². The Morgan fingerprint density at radius 1 is 1.03 bits per heavy atom. The normalized spacial score (nSPS) is 14.9. The zero-order chi connectivity index (χ0) is 26.2. The number of hydrogen-bond acceptors (Lipinski definition) is 8. The Balaban J connectivity index is 1.09. The molecule has 2 N–H and O–H groups in total. The number of aromatic nitrogens is 9. The highest BCUT2D eigenvalue weighted by Crippen LogP contribution is 2.29. The minimum Gasteiger partial charge on any atom is -0.338 e. The summed E-state index contributed by atoms with van der Waals surface area (Å²) in [6.45, 7) is 3.25. The number of aromatic amines is 1. The van der Waals surface area contributed by atoms with Crippen molar-refractivity contribution in [2.45, 2.75) is 31.8 Å². The average molecular weight is 524 g/mol. The number of piperidine rings is 1. The number of fused-ring (bicyclic) bond motifs is 2. The van der Waals surface area contributed by atoms with Crippen LogP contribution in [0.25, 0.3) is 16.4 Å². The molecule has 5 heterocycles. The van der Waals surface area contributed by atoms with Crippen LogP contribution in [-0.4, -0.2) is 63.0 Å². The second-order valence-corrected chi connectivity index (χ2v) is 9.91. The maximum absolute atomic E-state index is 13.6. The number of H-pyrrole nitrogens is 1. The summed E-state index contributed by atoms with van der Waals surface area (Å²) in [4.78, 5) is 7.03. The summed E-state index contributed by atoms with van der Waals surface area (Å²) in [7, 11) is 0. The molecule has 0 bridgehead atoms. The maximum Gasteiger partial charge on any atom is 0.158 e. The number of anilines is 2. The van der Waals surface area contributed by atoms with Gasteiger partial charge in [0, 0.05) is 29.7 Å². The Kier molecular flexibility index (Phi) is 5.93. The van der Waals surface area contributed by atoms with E-state index in [1.165, 1.54) is 17.7 Å². The number of likely N-dealkylation sites (tertiary alicyclic amines) is 1. The highest BCUT2D eigenvalue weighted by molar-refractivity contribution is 5.85. The first-order valence-corrected chi connectivity index (χ1v) is 12.9. The quantitative estimate of drug-likeness (QED) is 0.324. The Morgan fingerprint density at radius 2 is 1.95 bits per heavy atom. The van der Waals surface area contributed by atoms with Crippen LogP contribution in [-0.2, 0) is 13.1 Å². The first kappa shape index (κ1) is 23.4. The second-order valence-electron chi connectivity index (χ2n) is 9.91. The lowest BCUT2D eigenvalue weighted by atomic mass is 9.96. The van der Waals surface area contributed by atoms with Crippen LogP contribution < -0.4 is 5.32 Å². The minimum absolute atomic E-state index is 0.246. The third kappa shape index (κ3) is 4.70. The third-order valence-corrected chi connectivity index (χ3v) is 7.39. The molecule has 196 valence electrons. The summed E-state index contributed by atoms with van der Waals surface area (Å²) < 4.78 is 17.4. The van der Waals surface area contributed by atoms with E-state index in [0.717, 1.165) is 71.8 Å². The van der Waals surface area contributed by atoms with Crippen molar-refractivity contribution in [2.75, 3.05) is 18.4 Å². The highest BCUT2D eigenvalue weighted by Gasteiger charge is 2.24. The van der Waals surface area contributed by atoms with Crippen LogP contribution in [0.3, 0.4) is 0 Å². The lowest BCUT2D eigenvalue weighted by Crippen LogP contribution is -2.32. The van der Waals surface area contributed by atoms with Gasteiger partial charge in [-0.1, -0.05) is 12.1 Å². The SMILES string of the molecule is Fc1cccc(Cn2ncc3cc(Nc4ncnn5ccc(CN6CCC(c7nnn[nH]7)CC6)c45)ccc32)c1. The lowest BCUT2D eigenvalue weighted by molar-refractivity contribution is 0.202. The van der Waals surface area contributed by atoms with E-state index >= 15 is 0 Å². The van der Waals surface area contributed by atoms with Gasteiger partial charge in [0.1, 0.15) is 17.7 Å². The van der Waals surface area contributed by atoms with Crippen molar-refractivity contribution < 1.29 is 4.39 Å². The molecule has 39 heavy (non-hydrogen) atoms. The van der Waals surface area contributed by atoms with Gasteiger partial charge in [-0.3, -0.25) is 9.58 Å². The molecule has 1 fully saturated rings. The number of benzene rings is 2. The molecule has 0 atom stereocenters. The predicted octanol–water partition coefficient (Wildman–Crippen LogP) is 3.90. The molecule has 7 rings (SSSR count). The van der Waals surface area contributed by atoms with Gasteiger partial charge >= 0.3 is 0 Å². The lowest BCUT2D eigenvalue weighted by Gasteiger charge is -2.30. The molecular weight excluding hydrogens is 497 g/mol. The molecule has 12 heteroatoms. The van der Waals surface area contributed by atoms with Gasteiger partial charge in [0.05, 0.1) is 18.3 Å². The fraction of sp³-hybridized carbons (Fsp3) is 0.259. The first-order valence-electron chi connectivity index (χ1n) is 12.9. The van der Waals surface area contributed by atoms with Gasteiger partial charge in [-0.05, 0) is 83.9 Å². The monoisotopic (exact) mass is 523 g/mol.